The third-order valence-corrected chi connectivity index (χ3v) is 5.06. The van der Waals surface area contributed by atoms with E-state index in [1.54, 1.807) is 0 Å². The molecular weight excluding hydrogens is 404 g/mol. The summed E-state index contributed by atoms with van der Waals surface area (Å²) in [6, 6.07) is 9.19. The summed E-state index contributed by atoms with van der Waals surface area (Å²) >= 11 is 6.05. The van der Waals surface area contributed by atoms with Crippen LogP contribution in [0.5, 0.6) is 5.75 Å². The Hall–Kier alpha value is -2.68. The molecular formula is C21H25ClN6O2. The Bertz CT molecular complexity index is 1080. The van der Waals surface area contributed by atoms with Crippen LogP contribution in [0.1, 0.15) is 15.2 Å². The molecule has 0 saturated carbocycles. The van der Waals surface area contributed by atoms with Gasteiger partial charge in [0.1, 0.15) is 23.2 Å². The number of aromatic nitrogens is 4. The minimum atomic E-state index is -2.44. The van der Waals surface area contributed by atoms with Crippen LogP contribution in [0.4, 0.5) is 5.95 Å². The molecule has 1 saturated heterocycles. The number of anilines is 1. The number of para-hydroxylation sites is 1. The number of benzene rings is 1. The highest BCUT2D eigenvalue weighted by molar-refractivity contribution is 6.29. The lowest BCUT2D eigenvalue weighted by molar-refractivity contribution is 0.0322. The van der Waals surface area contributed by atoms with Gasteiger partial charge in [-0.05, 0) is 11.6 Å². The second kappa shape index (κ2) is 9.42. The van der Waals surface area contributed by atoms with Gasteiger partial charge in [-0.2, -0.15) is 5.10 Å². The van der Waals surface area contributed by atoms with Crippen LogP contribution < -0.4 is 10.5 Å². The van der Waals surface area contributed by atoms with Crippen LogP contribution in [-0.2, 0) is 18.1 Å². The molecule has 0 atom stereocenters. The van der Waals surface area contributed by atoms with Gasteiger partial charge < -0.3 is 15.2 Å². The molecule has 3 heterocycles. The topological polar surface area (TPSA) is 91.3 Å². The highest BCUT2D eigenvalue weighted by atomic mass is 35.5. The number of nitrogens with zero attached hydrogens (tertiary/aromatic N) is 5. The normalized spacial score (nSPS) is 16.6. The van der Waals surface area contributed by atoms with Crippen molar-refractivity contribution in [1.82, 2.24) is 24.6 Å². The molecule has 4 rings (SSSR count). The molecule has 0 unspecified atom stereocenters. The summed E-state index contributed by atoms with van der Waals surface area (Å²) in [5, 5.41) is 4.43. The SMILES string of the molecule is [2H]C([2H])([2H])n1cc(Cc2ccccc2OCCN2CCOCC2)c(-c2cc(Cl)nc(N)n2)n1. The van der Waals surface area contributed by atoms with Gasteiger partial charge in [0.2, 0.25) is 5.95 Å². The van der Waals surface area contributed by atoms with E-state index in [1.165, 1.54) is 12.3 Å². The van der Waals surface area contributed by atoms with E-state index >= 15 is 0 Å². The van der Waals surface area contributed by atoms with Crippen molar-refractivity contribution in [3.63, 3.8) is 0 Å². The average Bonchev–Trinajstić information content (AvgIpc) is 3.19. The lowest BCUT2D eigenvalue weighted by Gasteiger charge is -2.26. The fourth-order valence-electron chi connectivity index (χ4n) is 3.42. The van der Waals surface area contributed by atoms with E-state index in [-0.39, 0.29) is 11.1 Å². The largest absolute Gasteiger partial charge is 0.492 e. The van der Waals surface area contributed by atoms with Crippen LogP contribution in [0.2, 0.25) is 5.15 Å². The van der Waals surface area contributed by atoms with Crippen molar-refractivity contribution >= 4 is 17.5 Å². The van der Waals surface area contributed by atoms with Gasteiger partial charge in [-0.1, -0.05) is 29.8 Å². The predicted molar refractivity (Wildman–Crippen MR) is 116 cm³/mol. The molecule has 8 nitrogen and oxygen atoms in total. The fourth-order valence-corrected chi connectivity index (χ4v) is 3.61. The zero-order valence-corrected chi connectivity index (χ0v) is 17.2. The first-order valence-electron chi connectivity index (χ1n) is 11.2. The van der Waals surface area contributed by atoms with Crippen molar-refractivity contribution in [3.8, 4) is 17.1 Å². The standard InChI is InChI=1S/C21H25ClN6O2/c1-27-14-16(20(26-27)17-13-19(22)25-21(23)24-17)12-15-4-2-3-5-18(15)30-11-8-28-6-9-29-10-7-28/h2-5,13-14H,6-12H2,1H3,(H2,23,24,25)/i1D3. The van der Waals surface area contributed by atoms with Gasteiger partial charge in [0.05, 0.1) is 18.9 Å². The second-order valence-corrected chi connectivity index (χ2v) is 7.36. The summed E-state index contributed by atoms with van der Waals surface area (Å²) in [5.41, 5.74) is 8.04. The number of ether oxygens (including phenoxy) is 2. The number of hydrogen-bond donors (Lipinski definition) is 1. The van der Waals surface area contributed by atoms with Crippen molar-refractivity contribution in [2.75, 3.05) is 45.2 Å². The number of nitrogens with two attached hydrogens (primary N) is 1. The van der Waals surface area contributed by atoms with Gasteiger partial charge in [-0.25, -0.2) is 9.97 Å². The lowest BCUT2D eigenvalue weighted by atomic mass is 10.0. The van der Waals surface area contributed by atoms with E-state index in [2.05, 4.69) is 20.0 Å². The zero-order chi connectivity index (χ0) is 23.4. The molecule has 0 radical (unpaired) electrons. The Balaban J connectivity index is 1.59. The molecule has 3 aromatic rings. The second-order valence-electron chi connectivity index (χ2n) is 6.97. The van der Waals surface area contributed by atoms with Crippen LogP contribution >= 0.6 is 11.6 Å². The summed E-state index contributed by atoms with van der Waals surface area (Å²) in [4.78, 5) is 10.4. The van der Waals surface area contributed by atoms with Crippen LogP contribution in [0.3, 0.4) is 0 Å². The van der Waals surface area contributed by atoms with Gasteiger partial charge in [-0.3, -0.25) is 9.58 Å². The molecule has 1 fully saturated rings. The molecule has 0 bridgehead atoms. The number of nitrogen functional groups attached to an aromatic ring is 1. The summed E-state index contributed by atoms with van der Waals surface area (Å²) in [6.45, 7) is 2.17. The summed E-state index contributed by atoms with van der Waals surface area (Å²) < 4.78 is 35.7. The van der Waals surface area contributed by atoms with Crippen molar-refractivity contribution in [3.05, 3.63) is 52.8 Å². The molecule has 1 aliphatic heterocycles. The maximum Gasteiger partial charge on any atom is 0.222 e. The maximum absolute atomic E-state index is 7.75. The van der Waals surface area contributed by atoms with Crippen molar-refractivity contribution in [2.24, 2.45) is 6.98 Å². The van der Waals surface area contributed by atoms with Gasteiger partial charge in [0.25, 0.3) is 0 Å². The highest BCUT2D eigenvalue weighted by Gasteiger charge is 2.16. The molecule has 2 N–H and O–H groups in total. The number of halogens is 1. The van der Waals surface area contributed by atoms with Gasteiger partial charge in [-0.15, -0.1) is 0 Å². The van der Waals surface area contributed by atoms with E-state index in [0.717, 1.165) is 48.8 Å². The van der Waals surface area contributed by atoms with E-state index in [0.29, 0.717) is 30.0 Å². The number of rotatable bonds is 7. The van der Waals surface area contributed by atoms with Gasteiger partial charge in [0.15, 0.2) is 0 Å². The summed E-state index contributed by atoms with van der Waals surface area (Å²) in [5.74, 6) is 0.720. The molecule has 0 spiro atoms. The Kier molecular flexibility index (Phi) is 5.35. The van der Waals surface area contributed by atoms with Crippen LogP contribution in [0.25, 0.3) is 11.4 Å². The fraction of sp³-hybridized carbons (Fsp3) is 0.381. The molecule has 0 aliphatic carbocycles. The zero-order valence-electron chi connectivity index (χ0n) is 19.4. The predicted octanol–water partition coefficient (Wildman–Crippen LogP) is 2.41. The maximum atomic E-state index is 7.75. The minimum absolute atomic E-state index is 0.0151. The first-order chi connectivity index (χ1) is 15.8. The molecule has 9 heteroatoms. The van der Waals surface area contributed by atoms with Gasteiger partial charge in [0, 0.05) is 55.0 Å². The Morgan fingerprint density at radius 2 is 2.07 bits per heavy atom. The number of aryl methyl sites for hydroxylation is 1. The average molecular weight is 432 g/mol. The van der Waals surface area contributed by atoms with E-state index in [1.807, 2.05) is 24.3 Å². The van der Waals surface area contributed by atoms with Crippen LogP contribution in [0.15, 0.2) is 36.5 Å². The van der Waals surface area contributed by atoms with E-state index < -0.39 is 6.98 Å². The lowest BCUT2D eigenvalue weighted by Crippen LogP contribution is -2.38. The monoisotopic (exact) mass is 431 g/mol. The van der Waals surface area contributed by atoms with E-state index in [4.69, 9.17) is 30.9 Å². The Morgan fingerprint density at radius 1 is 1.23 bits per heavy atom. The Morgan fingerprint density at radius 3 is 2.87 bits per heavy atom. The third kappa shape index (κ3) is 5.08. The minimum Gasteiger partial charge on any atom is -0.492 e. The first kappa shape index (κ1) is 17.0. The molecule has 1 aliphatic rings. The quantitative estimate of drug-likeness (QED) is 0.574. The summed E-state index contributed by atoms with van der Waals surface area (Å²) in [7, 11) is 0. The van der Waals surface area contributed by atoms with Crippen molar-refractivity contribution < 1.29 is 13.6 Å². The number of morpholine rings is 1. The molecule has 0 amide bonds. The molecule has 2 aromatic heterocycles. The molecule has 1 aromatic carbocycles. The molecule has 30 heavy (non-hydrogen) atoms. The van der Waals surface area contributed by atoms with Crippen molar-refractivity contribution in [1.29, 1.82) is 0 Å². The number of hydrogen-bond acceptors (Lipinski definition) is 7. The smallest absolute Gasteiger partial charge is 0.222 e. The van der Waals surface area contributed by atoms with Crippen LogP contribution in [0, 0.1) is 0 Å². The van der Waals surface area contributed by atoms with Gasteiger partial charge >= 0.3 is 0 Å². The molecule has 158 valence electrons. The first-order valence-corrected chi connectivity index (χ1v) is 10.1. The third-order valence-electron chi connectivity index (χ3n) is 4.87. The van der Waals surface area contributed by atoms with Crippen molar-refractivity contribution in [2.45, 2.75) is 6.42 Å². The summed E-state index contributed by atoms with van der Waals surface area (Å²) in [6.07, 6.45) is 1.89. The Labute approximate surface area is 184 Å². The van der Waals surface area contributed by atoms with Crippen LogP contribution in [-0.4, -0.2) is 64.1 Å². The highest BCUT2D eigenvalue weighted by Crippen LogP contribution is 2.28. The van der Waals surface area contributed by atoms with E-state index in [9.17, 15) is 0 Å².